The second-order valence-electron chi connectivity index (χ2n) is 3.26. The van der Waals surface area contributed by atoms with Crippen LogP contribution in [0.3, 0.4) is 0 Å². The summed E-state index contributed by atoms with van der Waals surface area (Å²) in [6, 6.07) is 7.61. The summed E-state index contributed by atoms with van der Waals surface area (Å²) in [5.74, 6) is -0.797. The molecule has 6 nitrogen and oxygen atoms in total. The van der Waals surface area contributed by atoms with Crippen molar-refractivity contribution in [2.75, 3.05) is 6.61 Å². The number of esters is 1. The van der Waals surface area contributed by atoms with Crippen LogP contribution in [-0.4, -0.2) is 23.8 Å². The summed E-state index contributed by atoms with van der Waals surface area (Å²) in [5, 5.41) is 13.2. The van der Waals surface area contributed by atoms with Gasteiger partial charge in [-0.2, -0.15) is 0 Å². The Morgan fingerprint density at radius 3 is 2.71 bits per heavy atom. The standard InChI is InChI=1S/C11H13N3O3/c1-2-17-11(16)10(15)9(13-14-12)8-6-4-3-5-7-8/h3-7,9-10,15H,2H2,1H3/t9-,10-/m1/s1. The van der Waals surface area contributed by atoms with Gasteiger partial charge < -0.3 is 9.84 Å². The van der Waals surface area contributed by atoms with E-state index in [0.29, 0.717) is 5.56 Å². The van der Waals surface area contributed by atoms with Gasteiger partial charge >= 0.3 is 5.97 Å². The average molecular weight is 235 g/mol. The Labute approximate surface area is 98.5 Å². The summed E-state index contributed by atoms with van der Waals surface area (Å²) in [4.78, 5) is 14.0. The molecule has 1 N–H and O–H groups in total. The van der Waals surface area contributed by atoms with Crippen LogP contribution in [0.25, 0.3) is 10.4 Å². The normalized spacial score (nSPS) is 13.3. The van der Waals surface area contributed by atoms with Gasteiger partial charge in [-0.3, -0.25) is 0 Å². The molecule has 0 saturated heterocycles. The molecule has 17 heavy (non-hydrogen) atoms. The van der Waals surface area contributed by atoms with E-state index in [9.17, 15) is 9.90 Å². The Balaban J connectivity index is 2.94. The van der Waals surface area contributed by atoms with E-state index in [1.54, 1.807) is 37.3 Å². The van der Waals surface area contributed by atoms with Crippen LogP contribution in [0.15, 0.2) is 35.4 Å². The number of azide groups is 1. The van der Waals surface area contributed by atoms with Crippen molar-refractivity contribution < 1.29 is 14.6 Å². The summed E-state index contributed by atoms with van der Waals surface area (Å²) >= 11 is 0. The van der Waals surface area contributed by atoms with Gasteiger partial charge in [0.1, 0.15) is 0 Å². The Hall–Kier alpha value is -2.04. The minimum Gasteiger partial charge on any atom is -0.464 e. The van der Waals surface area contributed by atoms with Gasteiger partial charge in [0.05, 0.1) is 12.6 Å². The lowest BCUT2D eigenvalue weighted by molar-refractivity contribution is -0.154. The molecule has 0 aromatic heterocycles. The van der Waals surface area contributed by atoms with Crippen LogP contribution in [0.2, 0.25) is 0 Å². The minimum atomic E-state index is -1.49. The summed E-state index contributed by atoms with van der Waals surface area (Å²) in [6.07, 6.45) is -1.49. The third kappa shape index (κ3) is 3.48. The van der Waals surface area contributed by atoms with Crippen molar-refractivity contribution in [3.63, 3.8) is 0 Å². The predicted octanol–water partition coefficient (Wildman–Crippen LogP) is 1.96. The fourth-order valence-electron chi connectivity index (χ4n) is 1.37. The van der Waals surface area contributed by atoms with E-state index in [1.165, 1.54) is 0 Å². The Bertz CT molecular complexity index is 415. The topological polar surface area (TPSA) is 95.3 Å². The first kappa shape index (κ1) is 13.0. The largest absolute Gasteiger partial charge is 0.464 e. The van der Waals surface area contributed by atoms with Crippen molar-refractivity contribution in [3.05, 3.63) is 46.3 Å². The van der Waals surface area contributed by atoms with Crippen molar-refractivity contribution in [1.82, 2.24) is 0 Å². The van der Waals surface area contributed by atoms with E-state index >= 15 is 0 Å². The van der Waals surface area contributed by atoms with Gasteiger partial charge in [-0.1, -0.05) is 35.4 Å². The molecule has 6 heteroatoms. The summed E-state index contributed by atoms with van der Waals surface area (Å²) in [5.41, 5.74) is 9.01. The number of nitrogens with zero attached hydrogens (tertiary/aromatic N) is 3. The molecule has 0 amide bonds. The molecule has 0 unspecified atom stereocenters. The van der Waals surface area contributed by atoms with Crippen LogP contribution in [0.1, 0.15) is 18.5 Å². The minimum absolute atomic E-state index is 0.160. The highest BCUT2D eigenvalue weighted by Crippen LogP contribution is 2.22. The predicted molar refractivity (Wildman–Crippen MR) is 61.0 cm³/mol. The number of rotatable bonds is 5. The fraction of sp³-hybridized carbons (Fsp3) is 0.364. The molecule has 0 bridgehead atoms. The third-order valence-electron chi connectivity index (χ3n) is 2.14. The molecule has 0 radical (unpaired) electrons. The number of hydrogen-bond donors (Lipinski definition) is 1. The van der Waals surface area contributed by atoms with Crippen LogP contribution < -0.4 is 0 Å². The van der Waals surface area contributed by atoms with Crippen LogP contribution in [0.5, 0.6) is 0 Å². The lowest BCUT2D eigenvalue weighted by atomic mass is 10.0. The van der Waals surface area contributed by atoms with E-state index in [2.05, 4.69) is 14.8 Å². The first-order valence-corrected chi connectivity index (χ1v) is 5.14. The SMILES string of the molecule is CCOC(=O)[C@H](O)[C@H](N=[N+]=[N-])c1ccccc1. The number of ether oxygens (including phenoxy) is 1. The number of carbonyl (C=O) groups is 1. The van der Waals surface area contributed by atoms with Crippen LogP contribution in [0.4, 0.5) is 0 Å². The quantitative estimate of drug-likeness (QED) is 0.365. The van der Waals surface area contributed by atoms with Gasteiger partial charge in [-0.05, 0) is 18.0 Å². The van der Waals surface area contributed by atoms with Gasteiger partial charge in [0.25, 0.3) is 0 Å². The monoisotopic (exact) mass is 235 g/mol. The molecular weight excluding hydrogens is 222 g/mol. The van der Waals surface area contributed by atoms with Gasteiger partial charge in [0, 0.05) is 4.91 Å². The summed E-state index contributed by atoms with van der Waals surface area (Å²) in [6.45, 7) is 1.80. The van der Waals surface area contributed by atoms with Crippen molar-refractivity contribution >= 4 is 5.97 Å². The molecule has 0 spiro atoms. The van der Waals surface area contributed by atoms with Gasteiger partial charge in [0.15, 0.2) is 6.10 Å². The first-order valence-electron chi connectivity index (χ1n) is 5.14. The molecule has 0 aliphatic heterocycles. The van der Waals surface area contributed by atoms with E-state index in [-0.39, 0.29) is 6.61 Å². The van der Waals surface area contributed by atoms with Gasteiger partial charge in [0.2, 0.25) is 0 Å². The van der Waals surface area contributed by atoms with Crippen LogP contribution >= 0.6 is 0 Å². The molecule has 2 atom stereocenters. The number of benzene rings is 1. The highest BCUT2D eigenvalue weighted by Gasteiger charge is 2.27. The van der Waals surface area contributed by atoms with Crippen LogP contribution in [-0.2, 0) is 9.53 Å². The zero-order chi connectivity index (χ0) is 12.7. The summed E-state index contributed by atoms with van der Waals surface area (Å²) in [7, 11) is 0. The number of hydrogen-bond acceptors (Lipinski definition) is 4. The zero-order valence-corrected chi connectivity index (χ0v) is 9.35. The van der Waals surface area contributed by atoms with Crippen molar-refractivity contribution in [3.8, 4) is 0 Å². The lowest BCUT2D eigenvalue weighted by Gasteiger charge is -2.17. The molecule has 90 valence electrons. The maximum atomic E-state index is 11.4. The van der Waals surface area contributed by atoms with E-state index in [4.69, 9.17) is 5.53 Å². The second kappa shape index (κ2) is 6.52. The van der Waals surface area contributed by atoms with Crippen molar-refractivity contribution in [1.29, 1.82) is 0 Å². The molecule has 0 aliphatic carbocycles. The number of aliphatic hydroxyl groups is 1. The van der Waals surface area contributed by atoms with E-state index in [1.807, 2.05) is 0 Å². The Kier molecular flexibility index (Phi) is 5.00. The molecule has 0 aliphatic rings. The van der Waals surface area contributed by atoms with E-state index in [0.717, 1.165) is 0 Å². The maximum absolute atomic E-state index is 11.4. The molecule has 0 fully saturated rings. The molecular formula is C11H13N3O3. The van der Waals surface area contributed by atoms with Crippen molar-refractivity contribution in [2.24, 2.45) is 5.11 Å². The zero-order valence-electron chi connectivity index (χ0n) is 9.35. The highest BCUT2D eigenvalue weighted by atomic mass is 16.5. The Morgan fingerprint density at radius 2 is 2.18 bits per heavy atom. The number of carbonyl (C=O) groups excluding carboxylic acids is 1. The lowest BCUT2D eigenvalue weighted by Crippen LogP contribution is -2.28. The molecule has 0 saturated carbocycles. The van der Waals surface area contributed by atoms with Gasteiger partial charge in [-0.25, -0.2) is 4.79 Å². The molecule has 0 heterocycles. The van der Waals surface area contributed by atoms with Crippen LogP contribution in [0, 0.1) is 0 Å². The van der Waals surface area contributed by atoms with Gasteiger partial charge in [-0.15, -0.1) is 0 Å². The van der Waals surface area contributed by atoms with Crippen molar-refractivity contribution in [2.45, 2.75) is 19.1 Å². The fourth-order valence-corrected chi connectivity index (χ4v) is 1.37. The third-order valence-corrected chi connectivity index (χ3v) is 2.14. The smallest absolute Gasteiger partial charge is 0.335 e. The average Bonchev–Trinajstić information content (AvgIpc) is 2.36. The highest BCUT2D eigenvalue weighted by molar-refractivity contribution is 5.75. The first-order chi connectivity index (χ1) is 8.20. The molecule has 1 aromatic rings. The summed E-state index contributed by atoms with van der Waals surface area (Å²) < 4.78 is 4.68. The number of aliphatic hydroxyl groups excluding tert-OH is 1. The second-order valence-corrected chi connectivity index (χ2v) is 3.26. The Morgan fingerprint density at radius 1 is 1.53 bits per heavy atom. The van der Waals surface area contributed by atoms with E-state index < -0.39 is 18.1 Å². The maximum Gasteiger partial charge on any atom is 0.335 e. The molecule has 1 aromatic carbocycles. The molecule has 1 rings (SSSR count).